The first-order valence-corrected chi connectivity index (χ1v) is 14.6. The van der Waals surface area contributed by atoms with Crippen molar-refractivity contribution < 1.29 is 0 Å². The summed E-state index contributed by atoms with van der Waals surface area (Å²) < 4.78 is 2.44. The molecule has 0 amide bonds. The Balaban J connectivity index is 1.39. The molecule has 4 aromatic carbocycles. The largest absolute Gasteiger partial charge is 0.361 e. The van der Waals surface area contributed by atoms with Gasteiger partial charge < -0.3 is 19.3 Å². The number of nitrogens with zero attached hydrogens (tertiary/aromatic N) is 5. The van der Waals surface area contributed by atoms with Crippen LogP contribution in [0.1, 0.15) is 26.3 Å². The maximum absolute atomic E-state index is 4.82. The lowest BCUT2D eigenvalue weighted by Crippen LogP contribution is -2.22. The van der Waals surface area contributed by atoms with E-state index < -0.39 is 0 Å². The van der Waals surface area contributed by atoms with Gasteiger partial charge in [0, 0.05) is 53.4 Å². The standard InChI is InChI=1S/C37H33N5/c1-37(2,3)26-17-18-38-31(22-26)25-15-16-33-35(21-25)41(28-10-7-9-27(23-28)40-20-19-39(4)24-40)34-14-8-12-30-29-11-5-6-13-32(29)42(33)36(30)34/h5-23H,24H2,1-4H3. The van der Waals surface area contributed by atoms with E-state index in [9.17, 15) is 0 Å². The van der Waals surface area contributed by atoms with Crippen molar-refractivity contribution in [3.05, 3.63) is 121 Å². The summed E-state index contributed by atoms with van der Waals surface area (Å²) in [6, 6.07) is 35.5. The second kappa shape index (κ2) is 8.98. The van der Waals surface area contributed by atoms with Gasteiger partial charge in [0.15, 0.2) is 0 Å². The highest BCUT2D eigenvalue weighted by atomic mass is 15.3. The number of hydrogen-bond donors (Lipinski definition) is 0. The molecule has 4 heterocycles. The molecule has 0 bridgehead atoms. The Bertz CT molecular complexity index is 2040. The lowest BCUT2D eigenvalue weighted by molar-refractivity contribution is 0.496. The van der Waals surface area contributed by atoms with Crippen molar-refractivity contribution in [2.45, 2.75) is 26.2 Å². The average molecular weight is 548 g/mol. The van der Waals surface area contributed by atoms with E-state index in [4.69, 9.17) is 4.98 Å². The van der Waals surface area contributed by atoms with Crippen molar-refractivity contribution in [1.29, 1.82) is 0 Å². The van der Waals surface area contributed by atoms with Gasteiger partial charge in [-0.3, -0.25) is 4.98 Å². The van der Waals surface area contributed by atoms with Gasteiger partial charge in [0.2, 0.25) is 0 Å². The highest BCUT2D eigenvalue weighted by Gasteiger charge is 2.29. The third-order valence-electron chi connectivity index (χ3n) is 8.59. The van der Waals surface area contributed by atoms with Crippen LogP contribution in [0.2, 0.25) is 0 Å². The molecule has 42 heavy (non-hydrogen) atoms. The van der Waals surface area contributed by atoms with E-state index in [2.05, 4.69) is 157 Å². The van der Waals surface area contributed by atoms with Crippen LogP contribution < -0.4 is 9.80 Å². The molecule has 2 aromatic heterocycles. The van der Waals surface area contributed by atoms with Crippen LogP contribution in [0.3, 0.4) is 0 Å². The van der Waals surface area contributed by atoms with Crippen molar-refractivity contribution in [1.82, 2.24) is 14.5 Å². The van der Waals surface area contributed by atoms with E-state index in [0.717, 1.165) is 29.3 Å². The predicted molar refractivity (Wildman–Crippen MR) is 175 cm³/mol. The molecule has 2 aliphatic heterocycles. The van der Waals surface area contributed by atoms with E-state index in [1.54, 1.807) is 0 Å². The topological polar surface area (TPSA) is 27.5 Å². The molecule has 0 aliphatic carbocycles. The highest BCUT2D eigenvalue weighted by molar-refractivity contribution is 6.16. The van der Waals surface area contributed by atoms with E-state index in [1.807, 2.05) is 6.20 Å². The van der Waals surface area contributed by atoms with Gasteiger partial charge in [0.1, 0.15) is 0 Å². The van der Waals surface area contributed by atoms with Crippen LogP contribution in [0.5, 0.6) is 0 Å². The number of rotatable bonds is 3. The van der Waals surface area contributed by atoms with Crippen LogP contribution in [0, 0.1) is 0 Å². The normalized spacial score (nSPS) is 14.3. The molecule has 8 rings (SSSR count). The molecule has 6 aromatic rings. The third kappa shape index (κ3) is 3.73. The fraction of sp³-hybridized carbons (Fsp3) is 0.162. The summed E-state index contributed by atoms with van der Waals surface area (Å²) in [6.45, 7) is 7.59. The zero-order valence-electron chi connectivity index (χ0n) is 24.4. The summed E-state index contributed by atoms with van der Waals surface area (Å²) >= 11 is 0. The molecule has 0 unspecified atom stereocenters. The van der Waals surface area contributed by atoms with Gasteiger partial charge in [-0.15, -0.1) is 0 Å². The number of fused-ring (bicyclic) bond motifs is 5. The number of pyridine rings is 1. The van der Waals surface area contributed by atoms with Crippen LogP contribution in [0.25, 0.3) is 38.8 Å². The SMILES string of the molecule is CN1C=CN(c2cccc(N3c4cc(-c5cc(C(C)(C)C)ccn5)ccc4-n4c5ccccc5c5cccc3c54)c2)C1. The molecule has 5 heteroatoms. The predicted octanol–water partition coefficient (Wildman–Crippen LogP) is 9.11. The lowest BCUT2D eigenvalue weighted by atomic mass is 9.87. The number of para-hydroxylation sites is 2. The zero-order valence-corrected chi connectivity index (χ0v) is 24.4. The molecule has 5 nitrogen and oxygen atoms in total. The first-order chi connectivity index (χ1) is 20.4. The Morgan fingerprint density at radius 2 is 1.50 bits per heavy atom. The maximum atomic E-state index is 4.82. The monoisotopic (exact) mass is 547 g/mol. The minimum Gasteiger partial charge on any atom is -0.361 e. The Kier molecular flexibility index (Phi) is 5.29. The van der Waals surface area contributed by atoms with Crippen molar-refractivity contribution >= 4 is 44.6 Å². The van der Waals surface area contributed by atoms with E-state index in [1.165, 1.54) is 44.4 Å². The van der Waals surface area contributed by atoms with Gasteiger partial charge in [-0.25, -0.2) is 0 Å². The average Bonchev–Trinajstić information content (AvgIpc) is 3.59. The van der Waals surface area contributed by atoms with E-state index in [-0.39, 0.29) is 5.41 Å². The fourth-order valence-corrected chi connectivity index (χ4v) is 6.45. The number of hydrogen-bond acceptors (Lipinski definition) is 4. The van der Waals surface area contributed by atoms with E-state index >= 15 is 0 Å². The molecule has 0 fully saturated rings. The van der Waals surface area contributed by atoms with Crippen LogP contribution in [0.4, 0.5) is 22.7 Å². The maximum Gasteiger partial charge on any atom is 0.0938 e. The Labute approximate surface area is 246 Å². The zero-order chi connectivity index (χ0) is 28.6. The van der Waals surface area contributed by atoms with Crippen LogP contribution in [-0.2, 0) is 5.41 Å². The van der Waals surface area contributed by atoms with Crippen molar-refractivity contribution in [2.24, 2.45) is 0 Å². The Morgan fingerprint density at radius 1 is 0.690 bits per heavy atom. The summed E-state index contributed by atoms with van der Waals surface area (Å²) in [5, 5.41) is 2.53. The molecular weight excluding hydrogens is 514 g/mol. The highest BCUT2D eigenvalue weighted by Crippen LogP contribution is 2.50. The van der Waals surface area contributed by atoms with Crippen LogP contribution in [-0.4, -0.2) is 28.2 Å². The van der Waals surface area contributed by atoms with Crippen molar-refractivity contribution in [3.63, 3.8) is 0 Å². The second-order valence-electron chi connectivity index (χ2n) is 12.4. The number of anilines is 4. The molecule has 2 aliphatic rings. The van der Waals surface area contributed by atoms with Gasteiger partial charge in [-0.2, -0.15) is 0 Å². The van der Waals surface area contributed by atoms with Gasteiger partial charge in [-0.05, 0) is 65.6 Å². The molecule has 0 atom stereocenters. The molecular formula is C37H33N5. The van der Waals surface area contributed by atoms with Gasteiger partial charge in [-0.1, -0.05) is 63.2 Å². The first kappa shape index (κ1) is 24.7. The third-order valence-corrected chi connectivity index (χ3v) is 8.59. The summed E-state index contributed by atoms with van der Waals surface area (Å²) in [7, 11) is 2.10. The van der Waals surface area contributed by atoms with Gasteiger partial charge in [0.25, 0.3) is 0 Å². The second-order valence-corrected chi connectivity index (χ2v) is 12.4. The fourth-order valence-electron chi connectivity index (χ4n) is 6.45. The summed E-state index contributed by atoms with van der Waals surface area (Å²) in [4.78, 5) is 11.7. The van der Waals surface area contributed by atoms with Crippen LogP contribution in [0.15, 0.2) is 116 Å². The summed E-state index contributed by atoms with van der Waals surface area (Å²) in [5.74, 6) is 0. The molecule has 0 N–H and O–H groups in total. The molecule has 206 valence electrons. The quantitative estimate of drug-likeness (QED) is 0.220. The Hall–Kier alpha value is -5.03. The van der Waals surface area contributed by atoms with Crippen molar-refractivity contribution in [3.8, 4) is 16.9 Å². The van der Waals surface area contributed by atoms with Gasteiger partial charge in [0.05, 0.1) is 40.5 Å². The lowest BCUT2D eigenvalue weighted by Gasteiger charge is -2.34. The van der Waals surface area contributed by atoms with Crippen LogP contribution >= 0.6 is 0 Å². The molecule has 0 saturated carbocycles. The molecule has 0 spiro atoms. The first-order valence-electron chi connectivity index (χ1n) is 14.6. The number of aromatic nitrogens is 2. The Morgan fingerprint density at radius 3 is 2.33 bits per heavy atom. The summed E-state index contributed by atoms with van der Waals surface area (Å²) in [6.07, 6.45) is 6.20. The smallest absolute Gasteiger partial charge is 0.0938 e. The molecule has 0 saturated heterocycles. The van der Waals surface area contributed by atoms with Gasteiger partial charge >= 0.3 is 0 Å². The van der Waals surface area contributed by atoms with E-state index in [0.29, 0.717) is 0 Å². The van der Waals surface area contributed by atoms with Crippen molar-refractivity contribution in [2.75, 3.05) is 23.5 Å². The molecule has 0 radical (unpaired) electrons. The summed E-state index contributed by atoms with van der Waals surface area (Å²) in [5.41, 5.74) is 11.7. The number of benzene rings is 4. The minimum atomic E-state index is 0.0467. The minimum absolute atomic E-state index is 0.0467.